The highest BCUT2D eigenvalue weighted by Gasteiger charge is 2.18. The van der Waals surface area contributed by atoms with Crippen molar-refractivity contribution in [3.63, 3.8) is 0 Å². The van der Waals surface area contributed by atoms with Gasteiger partial charge in [0.1, 0.15) is 5.82 Å². The minimum Gasteiger partial charge on any atom is -0.493 e. The number of esters is 1. The molecule has 0 spiro atoms. The number of amides is 1. The lowest BCUT2D eigenvalue weighted by atomic mass is 10.2. The molecule has 0 bridgehead atoms. The molecule has 1 heterocycles. The van der Waals surface area contributed by atoms with Gasteiger partial charge in [-0.2, -0.15) is 0 Å². The molecule has 0 unspecified atom stereocenters. The number of nitrogens with one attached hydrogen (secondary N) is 1. The fraction of sp³-hybridized carbons (Fsp3) is 0.190. The Morgan fingerprint density at radius 2 is 1.68 bits per heavy atom. The summed E-state index contributed by atoms with van der Waals surface area (Å²) in [6.07, 6.45) is 2.68. The maximum Gasteiger partial charge on any atom is 0.357 e. The van der Waals surface area contributed by atoms with E-state index < -0.39 is 24.3 Å². The third kappa shape index (κ3) is 4.92. The van der Waals surface area contributed by atoms with E-state index in [2.05, 4.69) is 10.3 Å². The number of methoxy groups -OCH3 is 3. The van der Waals surface area contributed by atoms with Gasteiger partial charge in [0.05, 0.1) is 33.9 Å². The van der Waals surface area contributed by atoms with Gasteiger partial charge in [-0.1, -0.05) is 0 Å². The first-order valence-corrected chi connectivity index (χ1v) is 9.02. The summed E-state index contributed by atoms with van der Waals surface area (Å²) in [5, 5.41) is 2.60. The predicted molar refractivity (Wildman–Crippen MR) is 109 cm³/mol. The number of carbonyl (C=O) groups excluding carboxylic acids is 2. The van der Waals surface area contributed by atoms with Crippen LogP contribution in [0, 0.1) is 5.82 Å². The van der Waals surface area contributed by atoms with E-state index in [1.165, 1.54) is 62.7 Å². The van der Waals surface area contributed by atoms with Gasteiger partial charge in [-0.05, 0) is 24.3 Å². The van der Waals surface area contributed by atoms with Gasteiger partial charge in [0, 0.05) is 23.5 Å². The van der Waals surface area contributed by atoms with Crippen molar-refractivity contribution in [3.05, 3.63) is 60.4 Å². The van der Waals surface area contributed by atoms with Crippen LogP contribution >= 0.6 is 0 Å². The number of benzene rings is 2. The van der Waals surface area contributed by atoms with Crippen LogP contribution in [0.15, 0.2) is 48.9 Å². The van der Waals surface area contributed by atoms with Crippen molar-refractivity contribution < 1.29 is 32.9 Å². The number of hydrogen-bond acceptors (Lipinski definition) is 7. The Labute approximate surface area is 177 Å². The molecular weight excluding hydrogens is 409 g/mol. The summed E-state index contributed by atoms with van der Waals surface area (Å²) in [4.78, 5) is 28.6. The quantitative estimate of drug-likeness (QED) is 0.550. The normalized spacial score (nSPS) is 10.3. The topological polar surface area (TPSA) is 101 Å². The van der Waals surface area contributed by atoms with E-state index in [4.69, 9.17) is 18.9 Å². The van der Waals surface area contributed by atoms with Crippen molar-refractivity contribution in [1.29, 1.82) is 0 Å². The Morgan fingerprint density at radius 1 is 1.03 bits per heavy atom. The van der Waals surface area contributed by atoms with Gasteiger partial charge in [0.2, 0.25) is 5.75 Å². The molecule has 1 amide bonds. The van der Waals surface area contributed by atoms with Crippen LogP contribution < -0.4 is 19.5 Å². The van der Waals surface area contributed by atoms with Gasteiger partial charge < -0.3 is 24.3 Å². The third-order valence-corrected chi connectivity index (χ3v) is 4.24. The van der Waals surface area contributed by atoms with E-state index in [1.807, 2.05) is 0 Å². The van der Waals surface area contributed by atoms with Gasteiger partial charge in [0.15, 0.2) is 23.8 Å². The average Bonchev–Trinajstić information content (AvgIpc) is 3.27. The Balaban J connectivity index is 1.66. The summed E-state index contributed by atoms with van der Waals surface area (Å²) in [5.41, 5.74) is 0.979. The number of nitrogens with zero attached hydrogens (tertiary/aromatic N) is 2. The smallest absolute Gasteiger partial charge is 0.357 e. The van der Waals surface area contributed by atoms with Gasteiger partial charge in [-0.3, -0.25) is 9.36 Å². The van der Waals surface area contributed by atoms with Crippen LogP contribution in [-0.2, 0) is 9.53 Å². The van der Waals surface area contributed by atoms with E-state index in [9.17, 15) is 14.0 Å². The summed E-state index contributed by atoms with van der Waals surface area (Å²) >= 11 is 0. The van der Waals surface area contributed by atoms with E-state index in [1.54, 1.807) is 12.1 Å². The zero-order chi connectivity index (χ0) is 22.4. The Hall–Kier alpha value is -4.08. The molecule has 3 rings (SSSR count). The van der Waals surface area contributed by atoms with Crippen molar-refractivity contribution in [2.75, 3.05) is 33.3 Å². The minimum atomic E-state index is -0.762. The molecule has 0 fully saturated rings. The summed E-state index contributed by atoms with van der Waals surface area (Å²) in [5.74, 6) is -0.646. The Morgan fingerprint density at radius 3 is 2.26 bits per heavy atom. The molecule has 0 saturated heterocycles. The Bertz CT molecular complexity index is 1060. The number of anilines is 1. The minimum absolute atomic E-state index is 0.0900. The SMILES string of the molecule is COc1cc(NC(=O)COC(=O)c2cncn2-c2ccc(F)cc2)cc(OC)c1OC. The Kier molecular flexibility index (Phi) is 6.71. The van der Waals surface area contributed by atoms with Gasteiger partial charge in [0.25, 0.3) is 5.91 Å². The molecule has 31 heavy (non-hydrogen) atoms. The number of rotatable bonds is 8. The zero-order valence-electron chi connectivity index (χ0n) is 17.0. The number of carbonyl (C=O) groups is 2. The van der Waals surface area contributed by atoms with Crippen molar-refractivity contribution in [3.8, 4) is 22.9 Å². The van der Waals surface area contributed by atoms with Crippen molar-refractivity contribution in [1.82, 2.24) is 9.55 Å². The van der Waals surface area contributed by atoms with Gasteiger partial charge in [-0.25, -0.2) is 14.2 Å². The first-order chi connectivity index (χ1) is 15.0. The predicted octanol–water partition coefficient (Wildman–Crippen LogP) is 2.83. The lowest BCUT2D eigenvalue weighted by molar-refractivity contribution is -0.119. The van der Waals surface area contributed by atoms with Crippen molar-refractivity contribution >= 4 is 17.6 Å². The van der Waals surface area contributed by atoms with Crippen molar-refractivity contribution in [2.45, 2.75) is 0 Å². The zero-order valence-corrected chi connectivity index (χ0v) is 17.0. The second kappa shape index (κ2) is 9.61. The fourth-order valence-electron chi connectivity index (χ4n) is 2.81. The molecule has 0 saturated carbocycles. The summed E-state index contributed by atoms with van der Waals surface area (Å²) in [7, 11) is 4.37. The van der Waals surface area contributed by atoms with Crippen LogP contribution in [0.3, 0.4) is 0 Å². The maximum absolute atomic E-state index is 13.1. The first-order valence-electron chi connectivity index (χ1n) is 9.02. The molecule has 2 aromatic carbocycles. The number of ether oxygens (including phenoxy) is 4. The second-order valence-electron chi connectivity index (χ2n) is 6.16. The number of aromatic nitrogens is 2. The molecule has 0 aliphatic carbocycles. The number of halogens is 1. The van der Waals surface area contributed by atoms with Crippen molar-refractivity contribution in [2.24, 2.45) is 0 Å². The molecule has 1 aromatic heterocycles. The van der Waals surface area contributed by atoms with Gasteiger partial charge in [-0.15, -0.1) is 0 Å². The molecular formula is C21H20FN3O6. The first kappa shape index (κ1) is 21.6. The monoisotopic (exact) mass is 429 g/mol. The molecule has 9 nitrogen and oxygen atoms in total. The standard InChI is InChI=1S/C21H20FN3O6/c1-28-17-8-14(9-18(29-2)20(17)30-3)24-19(26)11-31-21(27)16-10-23-12-25(16)15-6-4-13(22)5-7-15/h4-10,12H,11H2,1-3H3,(H,24,26). The molecule has 0 atom stereocenters. The maximum atomic E-state index is 13.1. The van der Waals surface area contributed by atoms with E-state index in [0.29, 0.717) is 28.6 Å². The lowest BCUT2D eigenvalue weighted by Gasteiger charge is -2.14. The molecule has 0 radical (unpaired) electrons. The highest BCUT2D eigenvalue weighted by atomic mass is 19.1. The van der Waals surface area contributed by atoms with Crippen LogP contribution in [-0.4, -0.2) is 49.4 Å². The van der Waals surface area contributed by atoms with E-state index in [-0.39, 0.29) is 5.69 Å². The largest absolute Gasteiger partial charge is 0.493 e. The van der Waals surface area contributed by atoms with Crippen LogP contribution in [0.2, 0.25) is 0 Å². The van der Waals surface area contributed by atoms with E-state index >= 15 is 0 Å². The highest BCUT2D eigenvalue weighted by molar-refractivity contribution is 5.95. The summed E-state index contributed by atoms with van der Waals surface area (Å²) in [6.45, 7) is -0.538. The molecule has 1 N–H and O–H groups in total. The van der Waals surface area contributed by atoms with Gasteiger partial charge >= 0.3 is 5.97 Å². The average molecular weight is 429 g/mol. The highest BCUT2D eigenvalue weighted by Crippen LogP contribution is 2.39. The molecule has 0 aliphatic heterocycles. The van der Waals surface area contributed by atoms with E-state index in [0.717, 1.165) is 0 Å². The number of imidazole rings is 1. The second-order valence-corrected chi connectivity index (χ2v) is 6.16. The van der Waals surface area contributed by atoms with Crippen LogP contribution in [0.4, 0.5) is 10.1 Å². The lowest BCUT2D eigenvalue weighted by Crippen LogP contribution is -2.22. The molecule has 0 aliphatic rings. The molecule has 162 valence electrons. The molecule has 10 heteroatoms. The van der Waals surface area contributed by atoms with Crippen LogP contribution in [0.1, 0.15) is 10.5 Å². The fourth-order valence-corrected chi connectivity index (χ4v) is 2.81. The van der Waals surface area contributed by atoms with Crippen LogP contribution in [0.25, 0.3) is 5.69 Å². The van der Waals surface area contributed by atoms with Crippen LogP contribution in [0.5, 0.6) is 17.2 Å². The number of hydrogen-bond donors (Lipinski definition) is 1. The molecule has 3 aromatic rings. The summed E-state index contributed by atoms with van der Waals surface area (Å²) < 4.78 is 35.4. The summed E-state index contributed by atoms with van der Waals surface area (Å²) in [6, 6.07) is 8.59. The third-order valence-electron chi connectivity index (χ3n) is 4.24.